The Hall–Kier alpha value is -0.490. The molecule has 1 aliphatic rings. The fraction of sp³-hybridized carbons (Fsp3) is 0.727. The van der Waals surface area contributed by atoms with Gasteiger partial charge in [-0.2, -0.15) is 0 Å². The summed E-state index contributed by atoms with van der Waals surface area (Å²) in [5.74, 6) is 0. The highest BCUT2D eigenvalue weighted by Gasteiger charge is 2.32. The number of hydrogen-bond acceptors (Lipinski definition) is 5. The van der Waals surface area contributed by atoms with Crippen LogP contribution in [0.2, 0.25) is 0 Å². The minimum absolute atomic E-state index is 0.203. The number of morpholine rings is 1. The summed E-state index contributed by atoms with van der Waals surface area (Å²) in [7, 11) is 4.11. The van der Waals surface area contributed by atoms with E-state index in [1.807, 2.05) is 14.0 Å². The van der Waals surface area contributed by atoms with Gasteiger partial charge in [-0.25, -0.2) is 4.98 Å². The van der Waals surface area contributed by atoms with Crippen LogP contribution in [0.15, 0.2) is 5.38 Å². The lowest BCUT2D eigenvalue weighted by Crippen LogP contribution is -2.46. The number of nitrogens with one attached hydrogen (secondary N) is 1. The van der Waals surface area contributed by atoms with E-state index in [0.29, 0.717) is 6.04 Å². The zero-order valence-corrected chi connectivity index (χ0v) is 10.9. The predicted octanol–water partition coefficient (Wildman–Crippen LogP) is 1.04. The summed E-state index contributed by atoms with van der Waals surface area (Å²) >= 11 is 1.73. The zero-order chi connectivity index (χ0) is 11.5. The van der Waals surface area contributed by atoms with E-state index in [4.69, 9.17) is 4.74 Å². The summed E-state index contributed by atoms with van der Waals surface area (Å²) in [5.41, 5.74) is 1.10. The molecule has 1 fully saturated rings. The quantitative estimate of drug-likeness (QED) is 0.858. The van der Waals surface area contributed by atoms with Crippen LogP contribution < -0.4 is 5.32 Å². The first-order valence-corrected chi connectivity index (χ1v) is 6.49. The number of thiazole rings is 1. The Kier molecular flexibility index (Phi) is 3.91. The second kappa shape index (κ2) is 5.23. The van der Waals surface area contributed by atoms with Crippen molar-refractivity contribution in [2.24, 2.45) is 0 Å². The highest BCUT2D eigenvalue weighted by molar-refractivity contribution is 7.09. The maximum absolute atomic E-state index is 5.83. The molecule has 2 unspecified atom stereocenters. The fourth-order valence-electron chi connectivity index (χ4n) is 2.09. The first kappa shape index (κ1) is 12.0. The standard InChI is InChI=1S/C11H19N3OS/c1-8-7-16-11(13-8)10-9(6-12-2)15-5-4-14(10)3/h7,9-10,12H,4-6H2,1-3H3. The number of ether oxygens (including phenoxy) is 1. The van der Waals surface area contributed by atoms with Crippen LogP contribution in [0.3, 0.4) is 0 Å². The van der Waals surface area contributed by atoms with Gasteiger partial charge < -0.3 is 10.1 Å². The molecule has 0 bridgehead atoms. The van der Waals surface area contributed by atoms with Crippen molar-refractivity contribution in [2.45, 2.75) is 19.1 Å². The Morgan fingerprint density at radius 2 is 2.50 bits per heavy atom. The second-order valence-corrected chi connectivity index (χ2v) is 5.11. The molecule has 1 aliphatic heterocycles. The normalized spacial score (nSPS) is 27.2. The summed E-state index contributed by atoms with van der Waals surface area (Å²) in [5, 5.41) is 6.46. The Labute approximate surface area is 101 Å². The molecular formula is C11H19N3OS. The molecule has 1 aromatic rings. The van der Waals surface area contributed by atoms with Crippen molar-refractivity contribution in [3.8, 4) is 0 Å². The van der Waals surface area contributed by atoms with Crippen LogP contribution in [0.4, 0.5) is 0 Å². The summed E-state index contributed by atoms with van der Waals surface area (Å²) in [6, 6.07) is 0.292. The third-order valence-electron chi connectivity index (χ3n) is 2.90. The highest BCUT2D eigenvalue weighted by atomic mass is 32.1. The first-order valence-electron chi connectivity index (χ1n) is 5.61. The van der Waals surface area contributed by atoms with Crippen LogP contribution >= 0.6 is 11.3 Å². The van der Waals surface area contributed by atoms with E-state index in [9.17, 15) is 0 Å². The van der Waals surface area contributed by atoms with Crippen molar-refractivity contribution in [3.05, 3.63) is 16.1 Å². The molecule has 0 spiro atoms. The maximum atomic E-state index is 5.83. The monoisotopic (exact) mass is 241 g/mol. The molecule has 16 heavy (non-hydrogen) atoms. The molecule has 2 rings (SSSR count). The van der Waals surface area contributed by atoms with Crippen molar-refractivity contribution < 1.29 is 4.74 Å². The van der Waals surface area contributed by atoms with Gasteiger partial charge in [-0.1, -0.05) is 0 Å². The Bertz CT molecular complexity index is 340. The third kappa shape index (κ3) is 2.43. The van der Waals surface area contributed by atoms with Crippen LogP contribution in [-0.2, 0) is 4.74 Å². The van der Waals surface area contributed by atoms with Crippen molar-refractivity contribution in [3.63, 3.8) is 0 Å². The Morgan fingerprint density at radius 1 is 1.69 bits per heavy atom. The van der Waals surface area contributed by atoms with Gasteiger partial charge >= 0.3 is 0 Å². The summed E-state index contributed by atoms with van der Waals surface area (Å²) in [6.07, 6.45) is 0.203. The SMILES string of the molecule is CNCC1OCCN(C)C1c1nc(C)cs1. The summed E-state index contributed by atoms with van der Waals surface area (Å²) in [6.45, 7) is 4.69. The minimum atomic E-state index is 0.203. The minimum Gasteiger partial charge on any atom is -0.373 e. The number of nitrogens with zero attached hydrogens (tertiary/aromatic N) is 2. The lowest BCUT2D eigenvalue weighted by molar-refractivity contribution is -0.0607. The first-order chi connectivity index (χ1) is 7.72. The number of hydrogen-bond donors (Lipinski definition) is 1. The number of aromatic nitrogens is 1. The lowest BCUT2D eigenvalue weighted by Gasteiger charge is -2.37. The molecule has 1 aromatic heterocycles. The van der Waals surface area contributed by atoms with Gasteiger partial charge in [0.25, 0.3) is 0 Å². The van der Waals surface area contributed by atoms with E-state index in [-0.39, 0.29) is 6.10 Å². The molecule has 0 aromatic carbocycles. The van der Waals surface area contributed by atoms with Crippen LogP contribution in [0.5, 0.6) is 0 Å². The molecule has 0 saturated carbocycles. The van der Waals surface area contributed by atoms with E-state index in [0.717, 1.165) is 25.4 Å². The average molecular weight is 241 g/mol. The number of aryl methyl sites for hydroxylation is 1. The van der Waals surface area contributed by atoms with Gasteiger partial charge in [0, 0.05) is 24.2 Å². The van der Waals surface area contributed by atoms with Crippen LogP contribution in [0, 0.1) is 6.92 Å². The van der Waals surface area contributed by atoms with Gasteiger partial charge in [-0.15, -0.1) is 11.3 Å². The summed E-state index contributed by atoms with van der Waals surface area (Å²) in [4.78, 5) is 6.92. The van der Waals surface area contributed by atoms with Gasteiger partial charge in [0.05, 0.1) is 18.8 Å². The maximum Gasteiger partial charge on any atom is 0.113 e. The van der Waals surface area contributed by atoms with Crippen LogP contribution in [-0.4, -0.2) is 49.8 Å². The third-order valence-corrected chi connectivity index (χ3v) is 3.93. The summed E-state index contributed by atoms with van der Waals surface area (Å²) < 4.78 is 5.83. The molecule has 1 saturated heterocycles. The zero-order valence-electron chi connectivity index (χ0n) is 10.1. The molecule has 0 radical (unpaired) electrons. The largest absolute Gasteiger partial charge is 0.373 e. The predicted molar refractivity (Wildman–Crippen MR) is 65.9 cm³/mol. The molecule has 2 heterocycles. The van der Waals surface area contributed by atoms with Crippen molar-refractivity contribution in [2.75, 3.05) is 33.8 Å². The molecule has 4 nitrogen and oxygen atoms in total. The van der Waals surface area contributed by atoms with E-state index in [1.54, 1.807) is 11.3 Å². The average Bonchev–Trinajstić information content (AvgIpc) is 2.65. The van der Waals surface area contributed by atoms with Gasteiger partial charge in [-0.3, -0.25) is 4.90 Å². The van der Waals surface area contributed by atoms with Gasteiger partial charge in [0.15, 0.2) is 0 Å². The Balaban J connectivity index is 2.18. The molecule has 2 atom stereocenters. The topological polar surface area (TPSA) is 37.4 Å². The highest BCUT2D eigenvalue weighted by Crippen LogP contribution is 2.30. The van der Waals surface area contributed by atoms with Crippen molar-refractivity contribution >= 4 is 11.3 Å². The lowest BCUT2D eigenvalue weighted by atomic mass is 10.1. The van der Waals surface area contributed by atoms with E-state index in [2.05, 4.69) is 27.6 Å². The van der Waals surface area contributed by atoms with E-state index < -0.39 is 0 Å². The van der Waals surface area contributed by atoms with Crippen molar-refractivity contribution in [1.29, 1.82) is 0 Å². The molecule has 90 valence electrons. The molecule has 0 amide bonds. The fourth-order valence-corrected chi connectivity index (χ4v) is 3.10. The van der Waals surface area contributed by atoms with Gasteiger partial charge in [-0.05, 0) is 21.0 Å². The molecule has 1 N–H and O–H groups in total. The molecule has 5 heteroatoms. The Morgan fingerprint density at radius 3 is 3.12 bits per heavy atom. The number of likely N-dealkylation sites (N-methyl/N-ethyl adjacent to an activating group) is 2. The second-order valence-electron chi connectivity index (χ2n) is 4.22. The van der Waals surface area contributed by atoms with E-state index >= 15 is 0 Å². The van der Waals surface area contributed by atoms with Gasteiger partial charge in [0.2, 0.25) is 0 Å². The van der Waals surface area contributed by atoms with Crippen LogP contribution in [0.1, 0.15) is 16.7 Å². The van der Waals surface area contributed by atoms with Crippen molar-refractivity contribution in [1.82, 2.24) is 15.2 Å². The number of rotatable bonds is 3. The van der Waals surface area contributed by atoms with Gasteiger partial charge in [0.1, 0.15) is 5.01 Å². The molecular weight excluding hydrogens is 222 g/mol. The molecule has 0 aliphatic carbocycles. The smallest absolute Gasteiger partial charge is 0.113 e. The van der Waals surface area contributed by atoms with E-state index in [1.165, 1.54) is 5.01 Å². The van der Waals surface area contributed by atoms with Crippen LogP contribution in [0.25, 0.3) is 0 Å².